The second-order valence-electron chi connectivity index (χ2n) is 8.12. The predicted octanol–water partition coefficient (Wildman–Crippen LogP) is 2.39. The van der Waals surface area contributed by atoms with Gasteiger partial charge in [-0.2, -0.15) is 0 Å². The number of rotatable bonds is 4. The first-order chi connectivity index (χ1) is 12.3. The lowest BCUT2D eigenvalue weighted by Crippen LogP contribution is -2.49. The molecule has 1 N–H and O–H groups in total. The lowest BCUT2D eigenvalue weighted by Gasteiger charge is -2.36. The van der Waals surface area contributed by atoms with Crippen LogP contribution in [0.2, 0.25) is 0 Å². The molecule has 6 nitrogen and oxygen atoms in total. The number of piperidine rings is 1. The van der Waals surface area contributed by atoms with Crippen molar-refractivity contribution in [3.8, 4) is 0 Å². The van der Waals surface area contributed by atoms with E-state index >= 15 is 0 Å². The van der Waals surface area contributed by atoms with E-state index in [1.165, 1.54) is 51.6 Å². The van der Waals surface area contributed by atoms with E-state index in [9.17, 15) is 4.79 Å². The molecular formula is C19H31N5O. The number of aromatic nitrogens is 3. The second kappa shape index (κ2) is 7.85. The number of hydrogen-bond acceptors (Lipinski definition) is 4. The molecule has 1 aromatic heterocycles. The Bertz CT molecular complexity index is 593. The molecule has 138 valence electrons. The van der Waals surface area contributed by atoms with Crippen molar-refractivity contribution in [3.63, 3.8) is 0 Å². The number of aryl methyl sites for hydroxylation is 1. The number of fused-ring (bicyclic) bond motifs is 1. The summed E-state index contributed by atoms with van der Waals surface area (Å²) >= 11 is 0. The van der Waals surface area contributed by atoms with E-state index in [0.29, 0.717) is 5.82 Å². The molecule has 6 heteroatoms. The second-order valence-corrected chi connectivity index (χ2v) is 8.12. The Morgan fingerprint density at radius 2 is 1.88 bits per heavy atom. The topological polar surface area (TPSA) is 63.1 Å². The third kappa shape index (κ3) is 4.05. The summed E-state index contributed by atoms with van der Waals surface area (Å²) < 4.78 is 2.02. The van der Waals surface area contributed by atoms with Crippen molar-refractivity contribution in [2.45, 2.75) is 76.8 Å². The van der Waals surface area contributed by atoms with E-state index in [1.807, 2.05) is 4.57 Å². The van der Waals surface area contributed by atoms with Gasteiger partial charge in [0.15, 0.2) is 0 Å². The zero-order chi connectivity index (χ0) is 17.1. The van der Waals surface area contributed by atoms with Gasteiger partial charge in [-0.05, 0) is 51.0 Å². The van der Waals surface area contributed by atoms with Gasteiger partial charge in [-0.25, -0.2) is 0 Å². The highest BCUT2D eigenvalue weighted by Crippen LogP contribution is 2.25. The van der Waals surface area contributed by atoms with Gasteiger partial charge in [0.2, 0.25) is 5.82 Å². The maximum absolute atomic E-state index is 12.7. The summed E-state index contributed by atoms with van der Waals surface area (Å²) in [6.07, 6.45) is 12.5. The van der Waals surface area contributed by atoms with E-state index in [1.54, 1.807) is 0 Å². The first-order valence-corrected chi connectivity index (χ1v) is 10.2. The van der Waals surface area contributed by atoms with Gasteiger partial charge in [-0.1, -0.05) is 19.3 Å². The lowest BCUT2D eigenvalue weighted by molar-refractivity contribution is 0.0874. The molecule has 1 saturated carbocycles. The zero-order valence-electron chi connectivity index (χ0n) is 15.3. The van der Waals surface area contributed by atoms with Crippen LogP contribution in [0, 0.1) is 5.92 Å². The van der Waals surface area contributed by atoms with Crippen molar-refractivity contribution in [3.05, 3.63) is 11.6 Å². The summed E-state index contributed by atoms with van der Waals surface area (Å²) in [5.41, 5.74) is 0. The highest BCUT2D eigenvalue weighted by Gasteiger charge is 2.27. The van der Waals surface area contributed by atoms with Crippen LogP contribution in [-0.4, -0.2) is 51.2 Å². The average molecular weight is 345 g/mol. The van der Waals surface area contributed by atoms with Crippen LogP contribution in [0.5, 0.6) is 0 Å². The Hall–Kier alpha value is -1.43. The molecule has 2 aliphatic heterocycles. The molecule has 1 unspecified atom stereocenters. The largest absolute Gasteiger partial charge is 0.345 e. The number of nitrogens with one attached hydrogen (secondary N) is 1. The Balaban J connectivity index is 1.32. The number of hydrogen-bond donors (Lipinski definition) is 1. The van der Waals surface area contributed by atoms with Crippen molar-refractivity contribution in [1.82, 2.24) is 25.0 Å². The Morgan fingerprint density at radius 3 is 2.76 bits per heavy atom. The molecule has 0 bridgehead atoms. The monoisotopic (exact) mass is 345 g/mol. The van der Waals surface area contributed by atoms with Crippen LogP contribution in [0.15, 0.2) is 0 Å². The summed E-state index contributed by atoms with van der Waals surface area (Å²) in [4.78, 5) is 15.3. The van der Waals surface area contributed by atoms with Gasteiger partial charge in [0.1, 0.15) is 5.82 Å². The van der Waals surface area contributed by atoms with Crippen molar-refractivity contribution < 1.29 is 4.79 Å². The van der Waals surface area contributed by atoms with Crippen LogP contribution in [0.4, 0.5) is 0 Å². The molecule has 3 aliphatic rings. The van der Waals surface area contributed by atoms with Gasteiger partial charge in [-0.15, -0.1) is 10.2 Å². The third-order valence-corrected chi connectivity index (χ3v) is 6.14. The van der Waals surface area contributed by atoms with Gasteiger partial charge >= 0.3 is 0 Å². The Kier molecular flexibility index (Phi) is 5.34. The molecule has 1 saturated heterocycles. The third-order valence-electron chi connectivity index (χ3n) is 6.14. The minimum absolute atomic E-state index is 0.0369. The molecule has 0 aromatic carbocycles. The summed E-state index contributed by atoms with van der Waals surface area (Å²) in [5.74, 6) is 2.31. The van der Waals surface area contributed by atoms with Crippen LogP contribution in [-0.2, 0) is 13.0 Å². The lowest BCUT2D eigenvalue weighted by atomic mass is 9.88. The molecule has 3 heterocycles. The standard InChI is InChI=1S/C19H31N5O/c25-19(18-22-21-17-10-4-5-12-24(17)18)20-16-9-6-11-23(14-16)13-15-7-2-1-3-8-15/h15-16H,1-14H2,(H,20,25). The fourth-order valence-electron chi connectivity index (χ4n) is 4.80. The van der Waals surface area contributed by atoms with Crippen molar-refractivity contribution in [1.29, 1.82) is 0 Å². The molecule has 1 amide bonds. The van der Waals surface area contributed by atoms with Crippen molar-refractivity contribution in [2.75, 3.05) is 19.6 Å². The molecule has 0 spiro atoms. The number of nitrogens with zero attached hydrogens (tertiary/aromatic N) is 4. The molecule has 1 aromatic rings. The van der Waals surface area contributed by atoms with Gasteiger partial charge in [0.25, 0.3) is 5.91 Å². The maximum atomic E-state index is 12.7. The molecule has 1 atom stereocenters. The first kappa shape index (κ1) is 17.0. The summed E-state index contributed by atoms with van der Waals surface area (Å²) in [7, 11) is 0. The fourth-order valence-corrected chi connectivity index (χ4v) is 4.80. The molecule has 4 rings (SSSR count). The fraction of sp³-hybridized carbons (Fsp3) is 0.842. The highest BCUT2D eigenvalue weighted by molar-refractivity contribution is 5.91. The van der Waals surface area contributed by atoms with Crippen LogP contribution in [0.1, 0.15) is 74.2 Å². The summed E-state index contributed by atoms with van der Waals surface area (Å²) in [6.45, 7) is 4.27. The zero-order valence-corrected chi connectivity index (χ0v) is 15.3. The summed E-state index contributed by atoms with van der Waals surface area (Å²) in [6, 6.07) is 0.251. The number of amides is 1. The molecule has 1 aliphatic carbocycles. The van der Waals surface area contributed by atoms with Crippen LogP contribution < -0.4 is 5.32 Å². The van der Waals surface area contributed by atoms with Crippen molar-refractivity contribution >= 4 is 5.91 Å². The SMILES string of the molecule is O=C(NC1CCCN(CC2CCCCC2)C1)c1nnc2n1CCCC2. The quantitative estimate of drug-likeness (QED) is 0.910. The van der Waals surface area contributed by atoms with E-state index in [0.717, 1.165) is 50.5 Å². The number of carbonyl (C=O) groups is 1. The summed E-state index contributed by atoms with van der Waals surface area (Å²) in [5, 5.41) is 11.6. The van der Waals surface area contributed by atoms with Crippen molar-refractivity contribution in [2.24, 2.45) is 5.92 Å². The molecule has 2 fully saturated rings. The molecule has 0 radical (unpaired) electrons. The Labute approximate surface area is 150 Å². The first-order valence-electron chi connectivity index (χ1n) is 10.2. The maximum Gasteiger partial charge on any atom is 0.289 e. The Morgan fingerprint density at radius 1 is 1.00 bits per heavy atom. The van der Waals surface area contributed by atoms with Crippen LogP contribution in [0.25, 0.3) is 0 Å². The molecular weight excluding hydrogens is 314 g/mol. The van der Waals surface area contributed by atoms with E-state index in [2.05, 4.69) is 20.4 Å². The van der Waals surface area contributed by atoms with Crippen LogP contribution in [0.3, 0.4) is 0 Å². The van der Waals surface area contributed by atoms with E-state index in [-0.39, 0.29) is 11.9 Å². The normalized spacial score (nSPS) is 25.5. The predicted molar refractivity (Wildman–Crippen MR) is 96.5 cm³/mol. The smallest absolute Gasteiger partial charge is 0.289 e. The molecule has 25 heavy (non-hydrogen) atoms. The van der Waals surface area contributed by atoms with Gasteiger partial charge < -0.3 is 14.8 Å². The van der Waals surface area contributed by atoms with Crippen LogP contribution >= 0.6 is 0 Å². The van der Waals surface area contributed by atoms with E-state index < -0.39 is 0 Å². The minimum atomic E-state index is -0.0369. The highest BCUT2D eigenvalue weighted by atomic mass is 16.2. The minimum Gasteiger partial charge on any atom is -0.345 e. The van der Waals surface area contributed by atoms with Gasteiger partial charge in [0, 0.05) is 32.1 Å². The number of likely N-dealkylation sites (tertiary alicyclic amines) is 1. The van der Waals surface area contributed by atoms with Gasteiger partial charge in [0.05, 0.1) is 0 Å². The number of carbonyl (C=O) groups excluding carboxylic acids is 1. The average Bonchev–Trinajstić information content (AvgIpc) is 3.07. The van der Waals surface area contributed by atoms with Gasteiger partial charge in [-0.3, -0.25) is 4.79 Å². The van der Waals surface area contributed by atoms with E-state index in [4.69, 9.17) is 0 Å².